The quantitative estimate of drug-likeness (QED) is 0.597. The Hall–Kier alpha value is -1.58. The first-order valence-electron chi connectivity index (χ1n) is 8.09. The monoisotopic (exact) mass is 377 g/mol. The van der Waals surface area contributed by atoms with E-state index in [9.17, 15) is 4.79 Å². The third kappa shape index (κ3) is 3.08. The van der Waals surface area contributed by atoms with Crippen molar-refractivity contribution in [2.24, 2.45) is 0 Å². The summed E-state index contributed by atoms with van der Waals surface area (Å²) < 4.78 is 0.929. The van der Waals surface area contributed by atoms with Crippen molar-refractivity contribution >= 4 is 37.9 Å². The van der Waals surface area contributed by atoms with Crippen molar-refractivity contribution in [2.75, 3.05) is 26.0 Å². The van der Waals surface area contributed by atoms with Gasteiger partial charge < -0.3 is 0 Å². The second-order valence-corrected chi connectivity index (χ2v) is 7.24. The molecule has 0 spiro atoms. The van der Waals surface area contributed by atoms with Crippen molar-refractivity contribution in [3.05, 3.63) is 35.5 Å². The second-order valence-electron chi connectivity index (χ2n) is 6.47. The van der Waals surface area contributed by atoms with Crippen molar-refractivity contribution in [3.63, 3.8) is 0 Å². The van der Waals surface area contributed by atoms with Gasteiger partial charge >= 0.3 is 146 Å². The van der Waals surface area contributed by atoms with E-state index in [2.05, 4.69) is 44.7 Å². The Balaban J connectivity index is 1.86. The van der Waals surface area contributed by atoms with Gasteiger partial charge in [0.05, 0.1) is 0 Å². The summed E-state index contributed by atoms with van der Waals surface area (Å²) in [6.45, 7) is 0. The van der Waals surface area contributed by atoms with Crippen LogP contribution in [0.5, 0.6) is 0 Å². The van der Waals surface area contributed by atoms with Gasteiger partial charge in [-0.05, 0) is 0 Å². The fourth-order valence-corrected chi connectivity index (χ4v) is 3.98. The Morgan fingerprint density at radius 3 is 2.35 bits per heavy atom. The molecule has 1 heterocycles. The van der Waals surface area contributed by atoms with E-state index >= 15 is 0 Å². The predicted molar refractivity (Wildman–Crippen MR) is 96.4 cm³/mol. The Morgan fingerprint density at radius 2 is 1.78 bits per heavy atom. The molecule has 1 aliphatic carbocycles. The van der Waals surface area contributed by atoms with Crippen molar-refractivity contribution in [2.45, 2.75) is 31.7 Å². The number of benzene rings is 1. The molecule has 1 saturated heterocycles. The topological polar surface area (TPSA) is 26.8 Å². The molecule has 5 heteroatoms. The first kappa shape index (κ1) is 16.3. The molecule has 0 aromatic heterocycles. The summed E-state index contributed by atoms with van der Waals surface area (Å²) in [5.74, 6) is 0.116. The van der Waals surface area contributed by atoms with Gasteiger partial charge in [-0.1, -0.05) is 0 Å². The maximum atomic E-state index is 12.9. The molecule has 0 N–H and O–H groups in total. The Labute approximate surface area is 146 Å². The van der Waals surface area contributed by atoms with E-state index in [1.54, 1.807) is 0 Å². The van der Waals surface area contributed by atoms with E-state index in [4.69, 9.17) is 0 Å². The van der Waals surface area contributed by atoms with Crippen molar-refractivity contribution in [1.82, 2.24) is 9.80 Å². The van der Waals surface area contributed by atoms with Crippen LogP contribution in [0.25, 0.3) is 6.08 Å². The van der Waals surface area contributed by atoms with Gasteiger partial charge in [-0.25, -0.2) is 0 Å². The predicted octanol–water partition coefficient (Wildman–Crippen LogP) is 2.07. The zero-order chi connectivity index (χ0) is 16.6. The molecule has 1 saturated carbocycles. The van der Waals surface area contributed by atoms with Gasteiger partial charge in [0.15, 0.2) is 0 Å². The van der Waals surface area contributed by atoms with Gasteiger partial charge in [-0.3, -0.25) is 0 Å². The molecule has 2 fully saturated rings. The third-order valence-corrected chi connectivity index (χ3v) is 5.68. The van der Waals surface area contributed by atoms with Gasteiger partial charge in [0.1, 0.15) is 0 Å². The van der Waals surface area contributed by atoms with Crippen molar-refractivity contribution in [1.29, 1.82) is 0 Å². The molecule has 1 aromatic carbocycles. The number of carbonyl (C=O) groups is 1. The minimum absolute atomic E-state index is 0.116. The fourth-order valence-electron chi connectivity index (χ4n) is 3.29. The molecule has 1 aliphatic heterocycles. The number of hydrogen-bond donors (Lipinski definition) is 0. The zero-order valence-electron chi connectivity index (χ0n) is 14.0. The summed E-state index contributed by atoms with van der Waals surface area (Å²) >= 11 is 3.09. The second kappa shape index (κ2) is 6.50. The summed E-state index contributed by atoms with van der Waals surface area (Å²) in [5.41, 5.74) is 2.94. The zero-order valence-corrected chi connectivity index (χ0v) is 15.7. The van der Waals surface area contributed by atoms with Crippen LogP contribution in [0.2, 0.25) is 0 Å². The molecule has 0 radical (unpaired) electrons. The number of nitrogens with zero attached hydrogens (tertiary/aromatic N) is 3. The number of anilines is 1. The van der Waals surface area contributed by atoms with Crippen LogP contribution in [0.3, 0.4) is 0 Å². The van der Waals surface area contributed by atoms with Gasteiger partial charge in [-0.2, -0.15) is 0 Å². The third-order valence-electron chi connectivity index (χ3n) is 4.70. The average molecular weight is 376 g/mol. The van der Waals surface area contributed by atoms with E-state index in [1.165, 1.54) is 12.8 Å². The SMILES string of the molecule is CN1C(=[Se])N(C2CCCC2)C(=O)C1=Cc1ccc(N(C)C)cc1. The summed E-state index contributed by atoms with van der Waals surface area (Å²) in [6, 6.07) is 8.61. The maximum absolute atomic E-state index is 12.9. The minimum atomic E-state index is 0.116. The standard InChI is InChI=1S/C18H23N3OSe/c1-19(2)14-10-8-13(9-11-14)12-16-17(22)21(18(23)20(16)3)15-6-4-5-7-15/h8-12,15H,4-7H2,1-3H3. The average Bonchev–Trinajstić information content (AvgIpc) is 3.12. The first-order valence-corrected chi connectivity index (χ1v) is 8.95. The molecule has 3 rings (SSSR count). The normalized spacial score (nSPS) is 20.9. The van der Waals surface area contributed by atoms with E-state index in [0.29, 0.717) is 6.04 Å². The molecule has 4 nitrogen and oxygen atoms in total. The van der Waals surface area contributed by atoms with Crippen LogP contribution in [0.4, 0.5) is 5.69 Å². The van der Waals surface area contributed by atoms with Crippen LogP contribution < -0.4 is 4.90 Å². The molecule has 122 valence electrons. The van der Waals surface area contributed by atoms with Crippen molar-refractivity contribution < 1.29 is 4.79 Å². The van der Waals surface area contributed by atoms with Gasteiger partial charge in [0.2, 0.25) is 0 Å². The molecule has 1 aromatic rings. The van der Waals surface area contributed by atoms with Crippen LogP contribution in [0.1, 0.15) is 31.2 Å². The molecular weight excluding hydrogens is 353 g/mol. The summed E-state index contributed by atoms with van der Waals surface area (Å²) in [5, 5.41) is 0. The molecular formula is C18H23N3OSe. The first-order chi connectivity index (χ1) is 11.0. The molecule has 2 aliphatic rings. The molecule has 23 heavy (non-hydrogen) atoms. The Bertz CT molecular complexity index is 645. The van der Waals surface area contributed by atoms with Crippen LogP contribution in [0.15, 0.2) is 30.0 Å². The summed E-state index contributed by atoms with van der Waals surface area (Å²) in [6.07, 6.45) is 6.63. The Morgan fingerprint density at radius 1 is 1.17 bits per heavy atom. The summed E-state index contributed by atoms with van der Waals surface area (Å²) in [4.78, 5) is 18.9. The van der Waals surface area contributed by atoms with Gasteiger partial charge in [0.25, 0.3) is 0 Å². The number of likely N-dealkylation sites (N-methyl/N-ethyl adjacent to an activating group) is 1. The fraction of sp³-hybridized carbons (Fsp3) is 0.444. The van der Waals surface area contributed by atoms with E-state index < -0.39 is 0 Å². The van der Waals surface area contributed by atoms with E-state index in [0.717, 1.165) is 34.5 Å². The van der Waals surface area contributed by atoms with E-state index in [-0.39, 0.29) is 5.91 Å². The molecule has 1 amide bonds. The summed E-state index contributed by atoms with van der Waals surface area (Å²) in [7, 11) is 6.00. The number of rotatable bonds is 3. The van der Waals surface area contributed by atoms with Crippen LogP contribution in [0, 0.1) is 0 Å². The van der Waals surface area contributed by atoms with Crippen LogP contribution >= 0.6 is 0 Å². The Kier molecular flexibility index (Phi) is 4.60. The van der Waals surface area contributed by atoms with Gasteiger partial charge in [0, 0.05) is 0 Å². The molecule has 0 atom stereocenters. The number of amides is 1. The molecule has 0 unspecified atom stereocenters. The van der Waals surface area contributed by atoms with E-state index in [1.807, 2.05) is 37.0 Å². The van der Waals surface area contributed by atoms with Crippen molar-refractivity contribution in [3.8, 4) is 0 Å². The number of carbonyl (C=O) groups excluding carboxylic acids is 1. The molecule has 0 bridgehead atoms. The number of hydrogen-bond acceptors (Lipinski definition) is 3. The van der Waals surface area contributed by atoms with Crippen LogP contribution in [-0.4, -0.2) is 63.1 Å². The van der Waals surface area contributed by atoms with Gasteiger partial charge in [-0.15, -0.1) is 0 Å². The van der Waals surface area contributed by atoms with Crippen LogP contribution in [-0.2, 0) is 4.79 Å².